The summed E-state index contributed by atoms with van der Waals surface area (Å²) in [5, 5.41) is 6.35. The molecule has 2 N–H and O–H groups in total. The van der Waals surface area contributed by atoms with Crippen molar-refractivity contribution in [3.63, 3.8) is 0 Å². The first-order chi connectivity index (χ1) is 20.8. The number of carbonyl (C=O) groups excluding carboxylic acids is 2. The highest BCUT2D eigenvalue weighted by Gasteiger charge is 2.30. The minimum atomic E-state index is -0.0339. The number of piperidine rings is 2. The lowest BCUT2D eigenvalue weighted by atomic mass is 9.88. The molecule has 2 amide bonds. The molecule has 0 spiro atoms. The van der Waals surface area contributed by atoms with Crippen LogP contribution in [0.5, 0.6) is 5.75 Å². The van der Waals surface area contributed by atoms with E-state index in [-0.39, 0.29) is 17.9 Å². The molecule has 7 rings (SSSR count). The van der Waals surface area contributed by atoms with E-state index in [0.717, 1.165) is 67.8 Å². The van der Waals surface area contributed by atoms with E-state index in [2.05, 4.69) is 35.8 Å². The number of methoxy groups -OCH3 is 1. The van der Waals surface area contributed by atoms with Gasteiger partial charge < -0.3 is 24.8 Å². The van der Waals surface area contributed by atoms with Crippen molar-refractivity contribution in [1.29, 1.82) is 0 Å². The topological polar surface area (TPSA) is 98.1 Å². The van der Waals surface area contributed by atoms with Crippen molar-refractivity contribution in [2.24, 2.45) is 11.7 Å². The van der Waals surface area contributed by atoms with Gasteiger partial charge in [0.05, 0.1) is 23.9 Å². The van der Waals surface area contributed by atoms with Crippen LogP contribution in [0.4, 0.5) is 0 Å². The van der Waals surface area contributed by atoms with Gasteiger partial charge >= 0.3 is 0 Å². The van der Waals surface area contributed by atoms with Gasteiger partial charge in [-0.3, -0.25) is 9.59 Å². The Labute approximate surface area is 252 Å². The number of nitrogens with zero attached hydrogens (tertiary/aromatic N) is 5. The number of fused-ring (bicyclic) bond motifs is 2. The number of para-hydroxylation sites is 1. The number of ether oxygens (including phenoxy) is 1. The largest absolute Gasteiger partial charge is 0.494 e. The first-order valence-corrected chi connectivity index (χ1v) is 15.8. The van der Waals surface area contributed by atoms with Crippen LogP contribution in [-0.4, -0.2) is 75.1 Å². The quantitative estimate of drug-likeness (QED) is 0.346. The fourth-order valence-electron chi connectivity index (χ4n) is 7.31. The summed E-state index contributed by atoms with van der Waals surface area (Å²) < 4.78 is 10.2. The van der Waals surface area contributed by atoms with Crippen LogP contribution in [0.25, 0.3) is 27.8 Å². The van der Waals surface area contributed by atoms with Crippen molar-refractivity contribution in [3.05, 3.63) is 53.2 Å². The van der Waals surface area contributed by atoms with E-state index < -0.39 is 0 Å². The first kappa shape index (κ1) is 28.0. The molecule has 9 nitrogen and oxygen atoms in total. The third-order valence-corrected chi connectivity index (χ3v) is 9.85. The minimum Gasteiger partial charge on any atom is -0.494 e. The maximum atomic E-state index is 13.5. The second-order valence-corrected chi connectivity index (χ2v) is 12.9. The number of pyridine rings is 1. The number of aryl methyl sites for hydroxylation is 1. The molecule has 2 aliphatic heterocycles. The molecule has 1 atom stereocenters. The summed E-state index contributed by atoms with van der Waals surface area (Å²) in [6, 6.07) is 10.8. The molecule has 1 saturated carbocycles. The van der Waals surface area contributed by atoms with Crippen LogP contribution < -0.4 is 10.5 Å². The lowest BCUT2D eigenvalue weighted by molar-refractivity contribution is -0.129. The molecule has 43 heavy (non-hydrogen) atoms. The van der Waals surface area contributed by atoms with Crippen molar-refractivity contribution < 1.29 is 14.3 Å². The van der Waals surface area contributed by atoms with E-state index in [1.54, 1.807) is 14.0 Å². The van der Waals surface area contributed by atoms with Gasteiger partial charge in [0, 0.05) is 62.8 Å². The first-order valence-electron chi connectivity index (χ1n) is 15.8. The predicted molar refractivity (Wildman–Crippen MR) is 167 cm³/mol. The van der Waals surface area contributed by atoms with Crippen molar-refractivity contribution in [3.8, 4) is 17.1 Å². The molecule has 1 aromatic carbocycles. The zero-order valence-corrected chi connectivity index (χ0v) is 25.5. The zero-order chi connectivity index (χ0) is 29.8. The smallest absolute Gasteiger partial charge is 0.255 e. The van der Waals surface area contributed by atoms with Gasteiger partial charge in [-0.25, -0.2) is 4.52 Å². The van der Waals surface area contributed by atoms with E-state index in [1.807, 2.05) is 26.6 Å². The molecule has 0 bridgehead atoms. The summed E-state index contributed by atoms with van der Waals surface area (Å²) in [5.74, 6) is 1.87. The molecule has 4 aromatic rings. The predicted octanol–water partition coefficient (Wildman–Crippen LogP) is 4.97. The molecular formula is C34H42N6O3. The Bertz CT molecular complexity index is 1710. The van der Waals surface area contributed by atoms with Gasteiger partial charge in [-0.2, -0.15) is 5.10 Å². The number of aromatic nitrogens is 3. The summed E-state index contributed by atoms with van der Waals surface area (Å²) in [4.78, 5) is 29.3. The fraction of sp³-hybridized carbons (Fsp3) is 0.500. The van der Waals surface area contributed by atoms with Gasteiger partial charge in [0.1, 0.15) is 17.0 Å². The molecule has 3 aromatic heterocycles. The molecule has 1 aliphatic carbocycles. The zero-order valence-electron chi connectivity index (χ0n) is 25.5. The highest BCUT2D eigenvalue weighted by Crippen LogP contribution is 2.41. The van der Waals surface area contributed by atoms with E-state index in [4.69, 9.17) is 15.6 Å². The SMILES string of the molecule is COc1cc(C(=O)N2CCC[C@@H](N)C2)cn2nc(-c3cc4cccc(C5CCN(C(C)=O)CC5)c4n3CC3CC3)c(C)c12. The fourth-order valence-corrected chi connectivity index (χ4v) is 7.31. The van der Waals surface area contributed by atoms with Gasteiger partial charge in [-0.15, -0.1) is 0 Å². The highest BCUT2D eigenvalue weighted by atomic mass is 16.5. The maximum absolute atomic E-state index is 13.5. The molecule has 3 fully saturated rings. The third-order valence-electron chi connectivity index (χ3n) is 9.85. The molecule has 0 radical (unpaired) electrons. The number of hydrogen-bond acceptors (Lipinski definition) is 5. The van der Waals surface area contributed by atoms with E-state index >= 15 is 0 Å². The van der Waals surface area contributed by atoms with Gasteiger partial charge in [-0.1, -0.05) is 18.2 Å². The Hall–Kier alpha value is -3.85. The number of amides is 2. The number of benzene rings is 1. The molecule has 3 aliphatic rings. The molecule has 226 valence electrons. The van der Waals surface area contributed by atoms with E-state index in [9.17, 15) is 9.59 Å². The van der Waals surface area contributed by atoms with Crippen LogP contribution in [0.2, 0.25) is 0 Å². The Balaban J connectivity index is 1.32. The van der Waals surface area contributed by atoms with E-state index in [1.165, 1.54) is 29.3 Å². The van der Waals surface area contributed by atoms with Gasteiger partial charge in [0.25, 0.3) is 5.91 Å². The average Bonchev–Trinajstić information content (AvgIpc) is 3.68. The number of hydrogen-bond donors (Lipinski definition) is 1. The summed E-state index contributed by atoms with van der Waals surface area (Å²) in [6.07, 6.45) is 8.17. The molecule has 0 unspecified atom stereocenters. The second-order valence-electron chi connectivity index (χ2n) is 12.9. The van der Waals surface area contributed by atoms with Crippen LogP contribution in [0.15, 0.2) is 36.5 Å². The minimum absolute atomic E-state index is 0.0156. The van der Waals surface area contributed by atoms with E-state index in [0.29, 0.717) is 36.2 Å². The number of carbonyl (C=O) groups is 2. The third kappa shape index (κ3) is 5.07. The van der Waals surface area contributed by atoms with Crippen LogP contribution in [-0.2, 0) is 11.3 Å². The van der Waals surface area contributed by atoms with Gasteiger partial charge in [0.15, 0.2) is 0 Å². The number of rotatable bonds is 6. The average molecular weight is 583 g/mol. The lowest BCUT2D eigenvalue weighted by Gasteiger charge is -2.32. The normalized spacial score (nSPS) is 19.9. The lowest BCUT2D eigenvalue weighted by Crippen LogP contribution is -2.45. The molecule has 9 heteroatoms. The summed E-state index contributed by atoms with van der Waals surface area (Å²) >= 11 is 0. The van der Waals surface area contributed by atoms with Crippen LogP contribution in [0.1, 0.15) is 72.9 Å². The summed E-state index contributed by atoms with van der Waals surface area (Å²) in [5.41, 5.74) is 13.3. The Morgan fingerprint density at radius 1 is 1.02 bits per heavy atom. The second kappa shape index (κ2) is 11.0. The van der Waals surface area contributed by atoms with Crippen LogP contribution >= 0.6 is 0 Å². The molecule has 5 heterocycles. The Morgan fingerprint density at radius 2 is 1.81 bits per heavy atom. The monoisotopic (exact) mass is 582 g/mol. The van der Waals surface area contributed by atoms with Crippen LogP contribution in [0.3, 0.4) is 0 Å². The summed E-state index contributed by atoms with van der Waals surface area (Å²) in [6.45, 7) is 7.63. The number of likely N-dealkylation sites (tertiary alicyclic amines) is 2. The van der Waals surface area contributed by atoms with Crippen molar-refractivity contribution in [1.82, 2.24) is 24.0 Å². The maximum Gasteiger partial charge on any atom is 0.255 e. The standard InChI is InChI=1S/C34H42N6O3/c1-21-31(36-40-19-26(17-30(43-3)32(21)40)34(42)38-13-5-7-27(35)20-38)29-16-25-6-4-8-28(33(25)39(29)18-23-9-10-23)24-11-14-37(15-12-24)22(2)41/h4,6,8,16-17,19,23-24,27H,5,7,9-15,18,20,35H2,1-3H3/t27-/m1/s1. The van der Waals surface area contributed by atoms with Gasteiger partial charge in [0.2, 0.25) is 5.91 Å². The van der Waals surface area contributed by atoms with Crippen molar-refractivity contribution >= 4 is 28.2 Å². The number of nitrogens with two attached hydrogens (primary N) is 1. The Morgan fingerprint density at radius 3 is 2.51 bits per heavy atom. The van der Waals surface area contributed by atoms with Crippen LogP contribution in [0, 0.1) is 12.8 Å². The Kier molecular flexibility index (Phi) is 7.16. The van der Waals surface area contributed by atoms with Crippen molar-refractivity contribution in [2.45, 2.75) is 70.9 Å². The molecule has 2 saturated heterocycles. The summed E-state index contributed by atoms with van der Waals surface area (Å²) in [7, 11) is 1.65. The van der Waals surface area contributed by atoms with Gasteiger partial charge in [-0.05, 0) is 75.0 Å². The highest BCUT2D eigenvalue weighted by molar-refractivity contribution is 5.96. The van der Waals surface area contributed by atoms with Crippen molar-refractivity contribution in [2.75, 3.05) is 33.3 Å². The molecular weight excluding hydrogens is 540 g/mol.